The largest absolute Gasteiger partial charge is 0.298 e. The van der Waals surface area contributed by atoms with Crippen LogP contribution in [0, 0.1) is 0 Å². The van der Waals surface area contributed by atoms with Crippen molar-refractivity contribution in [2.45, 2.75) is 9.92 Å². The van der Waals surface area contributed by atoms with E-state index in [1.165, 1.54) is 11.8 Å². The second kappa shape index (κ2) is 5.73. The highest BCUT2D eigenvalue weighted by Crippen LogP contribution is 2.34. The number of nitrogens with zero attached hydrogens (tertiary/aromatic N) is 2. The van der Waals surface area contributed by atoms with Gasteiger partial charge in [-0.3, -0.25) is 4.79 Å². The van der Waals surface area contributed by atoms with E-state index in [0.717, 1.165) is 31.6 Å². The molecular weight excluding hydrogens is 336 g/mol. The van der Waals surface area contributed by atoms with E-state index >= 15 is 0 Å². The van der Waals surface area contributed by atoms with E-state index in [0.29, 0.717) is 5.56 Å². The van der Waals surface area contributed by atoms with E-state index < -0.39 is 0 Å². The van der Waals surface area contributed by atoms with Crippen molar-refractivity contribution in [3.05, 3.63) is 58.8 Å². The van der Waals surface area contributed by atoms with Gasteiger partial charge in [0.1, 0.15) is 11.4 Å². The van der Waals surface area contributed by atoms with E-state index in [4.69, 9.17) is 0 Å². The Morgan fingerprint density at radius 1 is 1.10 bits per heavy atom. The minimum absolute atomic E-state index is 0.654. The number of aldehydes is 1. The highest BCUT2D eigenvalue weighted by atomic mass is 79.9. The van der Waals surface area contributed by atoms with E-state index in [-0.39, 0.29) is 0 Å². The minimum Gasteiger partial charge on any atom is -0.298 e. The van der Waals surface area contributed by atoms with Crippen molar-refractivity contribution < 1.29 is 4.79 Å². The van der Waals surface area contributed by atoms with Crippen LogP contribution in [0.5, 0.6) is 0 Å². The third kappa shape index (κ3) is 2.59. The Balaban J connectivity index is 2.10. The Morgan fingerprint density at radius 3 is 2.80 bits per heavy atom. The number of aromatic nitrogens is 2. The topological polar surface area (TPSA) is 42.9 Å². The van der Waals surface area contributed by atoms with Crippen molar-refractivity contribution >= 4 is 44.9 Å². The molecule has 0 N–H and O–H groups in total. The van der Waals surface area contributed by atoms with Crippen molar-refractivity contribution in [2.75, 3.05) is 0 Å². The van der Waals surface area contributed by atoms with Crippen LogP contribution in [-0.2, 0) is 0 Å². The molecule has 0 fully saturated rings. The van der Waals surface area contributed by atoms with Crippen molar-refractivity contribution in [1.29, 1.82) is 0 Å². The lowest BCUT2D eigenvalue weighted by molar-refractivity contribution is 0.112. The lowest BCUT2D eigenvalue weighted by Gasteiger charge is -2.07. The summed E-state index contributed by atoms with van der Waals surface area (Å²) >= 11 is 4.90. The van der Waals surface area contributed by atoms with E-state index in [1.807, 2.05) is 36.4 Å². The van der Waals surface area contributed by atoms with Crippen LogP contribution >= 0.6 is 27.7 Å². The summed E-state index contributed by atoms with van der Waals surface area (Å²) in [5, 5.41) is 1.83. The molecule has 0 atom stereocenters. The Morgan fingerprint density at radius 2 is 1.95 bits per heavy atom. The molecule has 3 rings (SSSR count). The fourth-order valence-corrected chi connectivity index (χ4v) is 3.38. The molecule has 98 valence electrons. The van der Waals surface area contributed by atoms with Crippen LogP contribution in [0.2, 0.25) is 0 Å². The van der Waals surface area contributed by atoms with E-state index in [2.05, 4.69) is 25.9 Å². The summed E-state index contributed by atoms with van der Waals surface area (Å²) < 4.78 is 0.934. The molecule has 0 amide bonds. The molecule has 0 spiro atoms. The molecule has 0 saturated heterocycles. The quantitative estimate of drug-likeness (QED) is 0.523. The summed E-state index contributed by atoms with van der Waals surface area (Å²) in [5.74, 6) is 0. The number of carbonyl (C=O) groups excluding carboxylic acids is 1. The summed E-state index contributed by atoms with van der Waals surface area (Å²) in [6.45, 7) is 0. The number of hydrogen-bond donors (Lipinski definition) is 0. The normalized spacial score (nSPS) is 10.7. The first-order chi connectivity index (χ1) is 9.78. The van der Waals surface area contributed by atoms with Crippen LogP contribution in [0.1, 0.15) is 10.4 Å². The fourth-order valence-electron chi connectivity index (χ4n) is 1.86. The average molecular weight is 345 g/mol. The van der Waals surface area contributed by atoms with Gasteiger partial charge in [-0.25, -0.2) is 9.97 Å². The maximum atomic E-state index is 11.1. The smallest absolute Gasteiger partial charge is 0.151 e. The summed E-state index contributed by atoms with van der Waals surface area (Å²) in [7, 11) is 0. The number of benzene rings is 2. The van der Waals surface area contributed by atoms with Crippen LogP contribution in [0.4, 0.5) is 0 Å². The second-order valence-corrected chi connectivity index (χ2v) is 6.04. The van der Waals surface area contributed by atoms with Crippen molar-refractivity contribution in [1.82, 2.24) is 9.97 Å². The summed E-state index contributed by atoms with van der Waals surface area (Å²) in [4.78, 5) is 20.6. The van der Waals surface area contributed by atoms with Gasteiger partial charge in [0.2, 0.25) is 0 Å². The Hall–Kier alpha value is -1.72. The zero-order valence-electron chi connectivity index (χ0n) is 10.3. The maximum Gasteiger partial charge on any atom is 0.151 e. The van der Waals surface area contributed by atoms with Gasteiger partial charge in [0, 0.05) is 20.3 Å². The predicted molar refractivity (Wildman–Crippen MR) is 83.2 cm³/mol. The predicted octanol–water partition coefficient (Wildman–Crippen LogP) is 4.36. The standard InChI is InChI=1S/C15H9BrN2OS/c16-11-6-5-10(8-19)14(7-11)20-15-12-3-1-2-4-13(12)17-9-18-15/h1-9H. The first-order valence-electron chi connectivity index (χ1n) is 5.90. The van der Waals surface area contributed by atoms with Gasteiger partial charge in [-0.05, 0) is 24.3 Å². The average Bonchev–Trinajstić information content (AvgIpc) is 2.48. The maximum absolute atomic E-state index is 11.1. The third-order valence-corrected chi connectivity index (χ3v) is 4.40. The molecule has 0 radical (unpaired) electrons. The molecule has 2 aromatic carbocycles. The molecule has 0 bridgehead atoms. The lowest BCUT2D eigenvalue weighted by Crippen LogP contribution is -1.89. The monoisotopic (exact) mass is 344 g/mol. The van der Waals surface area contributed by atoms with Crippen molar-refractivity contribution in [3.63, 3.8) is 0 Å². The number of carbonyl (C=O) groups is 1. The van der Waals surface area contributed by atoms with Gasteiger partial charge < -0.3 is 0 Å². The Labute approximate surface area is 128 Å². The highest BCUT2D eigenvalue weighted by molar-refractivity contribution is 9.10. The van der Waals surface area contributed by atoms with Crippen LogP contribution in [0.25, 0.3) is 10.9 Å². The Bertz CT molecular complexity index is 786. The molecule has 0 saturated carbocycles. The van der Waals surface area contributed by atoms with Crippen molar-refractivity contribution in [2.24, 2.45) is 0 Å². The Kier molecular flexibility index (Phi) is 3.80. The molecule has 0 aliphatic carbocycles. The summed E-state index contributed by atoms with van der Waals surface area (Å²) in [6.07, 6.45) is 2.40. The van der Waals surface area contributed by atoms with Crippen LogP contribution in [-0.4, -0.2) is 16.3 Å². The van der Waals surface area contributed by atoms with Gasteiger partial charge in [-0.15, -0.1) is 0 Å². The zero-order valence-corrected chi connectivity index (χ0v) is 12.7. The van der Waals surface area contributed by atoms with E-state index in [9.17, 15) is 4.79 Å². The summed E-state index contributed by atoms with van der Waals surface area (Å²) in [5.41, 5.74) is 1.55. The van der Waals surface area contributed by atoms with Gasteiger partial charge in [0.15, 0.2) is 6.29 Å². The molecule has 1 heterocycles. The third-order valence-electron chi connectivity index (χ3n) is 2.82. The lowest BCUT2D eigenvalue weighted by atomic mass is 10.2. The van der Waals surface area contributed by atoms with Gasteiger partial charge in [-0.1, -0.05) is 45.9 Å². The van der Waals surface area contributed by atoms with Gasteiger partial charge in [-0.2, -0.15) is 0 Å². The fraction of sp³-hybridized carbons (Fsp3) is 0. The first kappa shape index (κ1) is 13.3. The van der Waals surface area contributed by atoms with E-state index in [1.54, 1.807) is 12.4 Å². The number of halogens is 1. The van der Waals surface area contributed by atoms with Crippen LogP contribution in [0.15, 0.2) is 63.2 Å². The molecule has 1 aromatic heterocycles. The second-order valence-electron chi connectivity index (χ2n) is 4.10. The number of rotatable bonds is 3. The van der Waals surface area contributed by atoms with Crippen LogP contribution in [0.3, 0.4) is 0 Å². The van der Waals surface area contributed by atoms with Crippen LogP contribution < -0.4 is 0 Å². The highest BCUT2D eigenvalue weighted by Gasteiger charge is 2.09. The molecule has 0 aliphatic heterocycles. The van der Waals surface area contributed by atoms with Gasteiger partial charge >= 0.3 is 0 Å². The number of para-hydroxylation sites is 1. The van der Waals surface area contributed by atoms with Crippen molar-refractivity contribution in [3.8, 4) is 0 Å². The molecule has 0 unspecified atom stereocenters. The number of hydrogen-bond acceptors (Lipinski definition) is 4. The molecule has 20 heavy (non-hydrogen) atoms. The molecule has 3 nitrogen and oxygen atoms in total. The number of fused-ring (bicyclic) bond motifs is 1. The molecule has 5 heteroatoms. The zero-order chi connectivity index (χ0) is 13.9. The summed E-state index contributed by atoms with van der Waals surface area (Å²) in [6, 6.07) is 13.4. The molecule has 0 aliphatic rings. The molecular formula is C15H9BrN2OS. The SMILES string of the molecule is O=Cc1ccc(Br)cc1Sc1ncnc2ccccc12. The molecule has 3 aromatic rings. The minimum atomic E-state index is 0.654. The van der Waals surface area contributed by atoms with Gasteiger partial charge in [0.05, 0.1) is 5.52 Å². The first-order valence-corrected chi connectivity index (χ1v) is 7.51. The van der Waals surface area contributed by atoms with Gasteiger partial charge in [0.25, 0.3) is 0 Å².